The van der Waals surface area contributed by atoms with Crippen molar-refractivity contribution in [2.75, 3.05) is 24.7 Å². The average molecular weight is 295 g/mol. The fourth-order valence-electron chi connectivity index (χ4n) is 1.29. The molecule has 0 aliphatic heterocycles. The number of aromatic nitrogens is 2. The second kappa shape index (κ2) is 5.45. The molecule has 100 valence electrons. The Morgan fingerprint density at radius 2 is 2.11 bits per heavy atom. The van der Waals surface area contributed by atoms with E-state index in [9.17, 15) is 4.79 Å². The molecule has 8 heteroatoms. The Kier molecular flexibility index (Phi) is 3.91. The average Bonchev–Trinajstić information content (AvgIpc) is 2.80. The number of carbonyl (C=O) groups excluding carboxylic acids is 1. The Balaban J connectivity index is 2.26. The second-order valence-electron chi connectivity index (χ2n) is 3.96. The minimum atomic E-state index is -0.479. The van der Waals surface area contributed by atoms with Crippen LogP contribution in [0.3, 0.4) is 0 Å². The Morgan fingerprint density at radius 1 is 1.37 bits per heavy atom. The summed E-state index contributed by atoms with van der Waals surface area (Å²) in [5.41, 5.74) is 12.1. The van der Waals surface area contributed by atoms with Gasteiger partial charge in [0.15, 0.2) is 4.34 Å². The minimum Gasteiger partial charge on any atom is -0.398 e. The Labute approximate surface area is 118 Å². The van der Waals surface area contributed by atoms with Crippen LogP contribution in [0.2, 0.25) is 0 Å². The first-order chi connectivity index (χ1) is 8.97. The minimum absolute atomic E-state index is 0.425. The topological polar surface area (TPSA) is 98.1 Å². The number of benzene rings is 1. The number of hydrogen-bond acceptors (Lipinski definition) is 7. The van der Waals surface area contributed by atoms with Crippen molar-refractivity contribution in [2.45, 2.75) is 9.24 Å². The standard InChI is InChI=1S/C11H13N5OS2/c1-16(2)10-14-15-11(19-10)18-8-5-6(9(13)17)3-4-7(8)12/h3-5H,12H2,1-2H3,(H2,13,17). The molecule has 1 heterocycles. The number of hydrogen-bond donors (Lipinski definition) is 2. The third kappa shape index (κ3) is 3.15. The van der Waals surface area contributed by atoms with Gasteiger partial charge in [0.05, 0.1) is 0 Å². The van der Waals surface area contributed by atoms with Gasteiger partial charge in [-0.25, -0.2) is 0 Å². The summed E-state index contributed by atoms with van der Waals surface area (Å²) < 4.78 is 0.761. The van der Waals surface area contributed by atoms with Crippen LogP contribution in [0, 0.1) is 0 Å². The zero-order chi connectivity index (χ0) is 14.0. The maximum atomic E-state index is 11.2. The largest absolute Gasteiger partial charge is 0.398 e. The van der Waals surface area contributed by atoms with E-state index in [0.29, 0.717) is 11.3 Å². The molecule has 1 amide bonds. The maximum Gasteiger partial charge on any atom is 0.248 e. The molecule has 0 unspecified atom stereocenters. The first-order valence-corrected chi connectivity index (χ1v) is 6.98. The van der Waals surface area contributed by atoms with Gasteiger partial charge in [0.1, 0.15) is 0 Å². The number of anilines is 2. The monoisotopic (exact) mass is 295 g/mol. The van der Waals surface area contributed by atoms with Crippen LogP contribution < -0.4 is 16.4 Å². The molecule has 0 atom stereocenters. The van der Waals surface area contributed by atoms with Crippen molar-refractivity contribution in [3.63, 3.8) is 0 Å². The number of primary amides is 1. The van der Waals surface area contributed by atoms with Gasteiger partial charge in [0, 0.05) is 30.2 Å². The molecule has 0 aliphatic rings. The van der Waals surface area contributed by atoms with Gasteiger partial charge in [-0.3, -0.25) is 4.79 Å². The van der Waals surface area contributed by atoms with Gasteiger partial charge in [-0.15, -0.1) is 10.2 Å². The highest BCUT2D eigenvalue weighted by Crippen LogP contribution is 2.36. The molecule has 19 heavy (non-hydrogen) atoms. The van der Waals surface area contributed by atoms with Crippen LogP contribution in [0.25, 0.3) is 0 Å². The lowest BCUT2D eigenvalue weighted by molar-refractivity contribution is 0.1000. The molecule has 6 nitrogen and oxygen atoms in total. The SMILES string of the molecule is CN(C)c1nnc(Sc2cc(C(N)=O)ccc2N)s1. The summed E-state index contributed by atoms with van der Waals surface area (Å²) in [5, 5.41) is 8.92. The molecular formula is C11H13N5OS2. The lowest BCUT2D eigenvalue weighted by atomic mass is 10.2. The van der Waals surface area contributed by atoms with Gasteiger partial charge >= 0.3 is 0 Å². The summed E-state index contributed by atoms with van der Waals surface area (Å²) in [6, 6.07) is 4.93. The van der Waals surface area contributed by atoms with E-state index in [0.717, 1.165) is 14.4 Å². The molecule has 0 saturated carbocycles. The predicted octanol–water partition coefficient (Wildman–Crippen LogP) is 1.44. The number of nitrogen functional groups attached to an aromatic ring is 1. The second-order valence-corrected chi connectivity index (χ2v) is 6.21. The summed E-state index contributed by atoms with van der Waals surface area (Å²) in [4.78, 5) is 13.8. The van der Waals surface area contributed by atoms with Gasteiger partial charge in [0.25, 0.3) is 0 Å². The van der Waals surface area contributed by atoms with Crippen LogP contribution in [0.4, 0.5) is 10.8 Å². The van der Waals surface area contributed by atoms with Crippen molar-refractivity contribution in [2.24, 2.45) is 5.73 Å². The molecule has 1 aromatic carbocycles. The van der Waals surface area contributed by atoms with Gasteiger partial charge in [0.2, 0.25) is 11.0 Å². The van der Waals surface area contributed by atoms with Crippen molar-refractivity contribution in [3.05, 3.63) is 23.8 Å². The molecular weight excluding hydrogens is 282 g/mol. The van der Waals surface area contributed by atoms with Crippen molar-refractivity contribution in [3.8, 4) is 0 Å². The summed E-state index contributed by atoms with van der Waals surface area (Å²) >= 11 is 2.82. The maximum absolute atomic E-state index is 11.2. The van der Waals surface area contributed by atoms with Crippen molar-refractivity contribution in [1.29, 1.82) is 0 Å². The highest BCUT2D eigenvalue weighted by molar-refractivity contribution is 8.01. The zero-order valence-corrected chi connectivity index (χ0v) is 12.1. The lowest BCUT2D eigenvalue weighted by Gasteiger charge is -2.05. The fraction of sp³-hybridized carbons (Fsp3) is 0.182. The summed E-state index contributed by atoms with van der Waals surface area (Å²) in [6.45, 7) is 0. The smallest absolute Gasteiger partial charge is 0.248 e. The fourth-order valence-corrected chi connectivity index (χ4v) is 3.10. The zero-order valence-electron chi connectivity index (χ0n) is 10.5. The molecule has 1 aromatic heterocycles. The Hall–Kier alpha value is -1.80. The highest BCUT2D eigenvalue weighted by atomic mass is 32.2. The van der Waals surface area contributed by atoms with E-state index >= 15 is 0 Å². The predicted molar refractivity (Wildman–Crippen MR) is 77.7 cm³/mol. The Bertz CT molecular complexity index is 611. The van der Waals surface area contributed by atoms with E-state index in [1.165, 1.54) is 23.1 Å². The first kappa shape index (κ1) is 13.6. The molecule has 0 radical (unpaired) electrons. The van der Waals surface area contributed by atoms with E-state index in [1.807, 2.05) is 19.0 Å². The van der Waals surface area contributed by atoms with E-state index in [1.54, 1.807) is 18.2 Å². The summed E-state index contributed by atoms with van der Waals surface area (Å²) in [6.07, 6.45) is 0. The third-order valence-corrected chi connectivity index (χ3v) is 4.49. The molecule has 0 aliphatic carbocycles. The molecule has 0 spiro atoms. The van der Waals surface area contributed by atoms with Crippen LogP contribution >= 0.6 is 23.1 Å². The number of amides is 1. The van der Waals surface area contributed by atoms with Crippen molar-refractivity contribution < 1.29 is 4.79 Å². The van der Waals surface area contributed by atoms with Crippen LogP contribution in [-0.4, -0.2) is 30.2 Å². The highest BCUT2D eigenvalue weighted by Gasteiger charge is 2.11. The number of nitrogens with two attached hydrogens (primary N) is 2. The normalized spacial score (nSPS) is 10.4. The summed E-state index contributed by atoms with van der Waals surface area (Å²) in [5.74, 6) is -0.479. The number of rotatable bonds is 4. The van der Waals surface area contributed by atoms with Gasteiger partial charge in [-0.2, -0.15) is 0 Å². The van der Waals surface area contributed by atoms with E-state index < -0.39 is 5.91 Å². The van der Waals surface area contributed by atoms with Crippen LogP contribution in [0.15, 0.2) is 27.4 Å². The van der Waals surface area contributed by atoms with E-state index in [4.69, 9.17) is 11.5 Å². The number of carbonyl (C=O) groups is 1. The third-order valence-electron chi connectivity index (χ3n) is 2.27. The van der Waals surface area contributed by atoms with Crippen LogP contribution in [0.1, 0.15) is 10.4 Å². The van der Waals surface area contributed by atoms with Crippen LogP contribution in [-0.2, 0) is 0 Å². The van der Waals surface area contributed by atoms with E-state index in [-0.39, 0.29) is 0 Å². The molecule has 2 rings (SSSR count). The summed E-state index contributed by atoms with van der Waals surface area (Å²) in [7, 11) is 3.80. The van der Waals surface area contributed by atoms with Crippen molar-refractivity contribution >= 4 is 39.8 Å². The molecule has 0 saturated heterocycles. The molecule has 0 bridgehead atoms. The van der Waals surface area contributed by atoms with Gasteiger partial charge in [-0.1, -0.05) is 23.1 Å². The van der Waals surface area contributed by atoms with Gasteiger partial charge < -0.3 is 16.4 Å². The van der Waals surface area contributed by atoms with Gasteiger partial charge in [-0.05, 0) is 18.2 Å². The number of nitrogens with zero attached hydrogens (tertiary/aromatic N) is 3. The van der Waals surface area contributed by atoms with E-state index in [2.05, 4.69) is 10.2 Å². The lowest BCUT2D eigenvalue weighted by Crippen LogP contribution is -2.11. The molecule has 0 fully saturated rings. The quantitative estimate of drug-likeness (QED) is 0.828. The van der Waals surface area contributed by atoms with Crippen molar-refractivity contribution in [1.82, 2.24) is 10.2 Å². The Morgan fingerprint density at radius 3 is 2.68 bits per heavy atom. The first-order valence-electron chi connectivity index (χ1n) is 5.35. The van der Waals surface area contributed by atoms with Crippen LogP contribution in [0.5, 0.6) is 0 Å². The molecule has 2 aromatic rings. The molecule has 4 N–H and O–H groups in total.